The largest absolute Gasteiger partial charge is 0.494 e. The van der Waals surface area contributed by atoms with Gasteiger partial charge in [0.05, 0.1) is 12.0 Å². The van der Waals surface area contributed by atoms with Crippen molar-refractivity contribution in [2.75, 3.05) is 25.0 Å². The highest BCUT2D eigenvalue weighted by Crippen LogP contribution is 2.30. The maximum Gasteiger partial charge on any atom is 0.321 e. The number of hydrogen-bond acceptors (Lipinski definition) is 3. The number of likely N-dealkylation sites (tertiary alicyclic amines) is 1. The highest BCUT2D eigenvalue weighted by Gasteiger charge is 2.42. The van der Waals surface area contributed by atoms with E-state index >= 15 is 0 Å². The lowest BCUT2D eigenvalue weighted by molar-refractivity contribution is -0.146. The molecule has 1 aliphatic heterocycles. The van der Waals surface area contributed by atoms with E-state index < -0.39 is 11.4 Å². The van der Waals surface area contributed by atoms with Gasteiger partial charge in [0.15, 0.2) is 0 Å². The molecule has 1 saturated heterocycles. The molecule has 0 radical (unpaired) electrons. The number of benzene rings is 1. The summed E-state index contributed by atoms with van der Waals surface area (Å²) in [5, 5.41) is 12.1. The topological polar surface area (TPSA) is 78.9 Å². The molecule has 1 aromatic rings. The van der Waals surface area contributed by atoms with Crippen LogP contribution in [0.5, 0.6) is 5.75 Å². The van der Waals surface area contributed by atoms with Crippen molar-refractivity contribution < 1.29 is 19.4 Å². The molecule has 1 aromatic carbocycles. The standard InChI is InChI=1S/C18H26N2O4/c1-13(2)7-10-24-15-6-4-5-14(11-15)19-17(23)20-9-8-18(3,12-20)16(21)22/h4-6,11,13H,7-10,12H2,1-3H3,(H,19,23)(H,21,22). The number of carboxylic acid groups (broad SMARTS) is 1. The second kappa shape index (κ2) is 7.55. The zero-order chi connectivity index (χ0) is 17.7. The van der Waals surface area contributed by atoms with Crippen LogP contribution in [0.2, 0.25) is 0 Å². The minimum Gasteiger partial charge on any atom is -0.494 e. The van der Waals surface area contributed by atoms with Crippen molar-refractivity contribution in [1.29, 1.82) is 0 Å². The van der Waals surface area contributed by atoms with Gasteiger partial charge in [-0.1, -0.05) is 19.9 Å². The molecular weight excluding hydrogens is 308 g/mol. The highest BCUT2D eigenvalue weighted by atomic mass is 16.5. The van der Waals surface area contributed by atoms with Crippen molar-refractivity contribution >= 4 is 17.7 Å². The summed E-state index contributed by atoms with van der Waals surface area (Å²) in [7, 11) is 0. The average Bonchev–Trinajstić information content (AvgIpc) is 2.91. The van der Waals surface area contributed by atoms with Gasteiger partial charge in [-0.05, 0) is 37.8 Å². The molecule has 0 aliphatic carbocycles. The third-order valence-electron chi connectivity index (χ3n) is 4.33. The van der Waals surface area contributed by atoms with E-state index in [1.807, 2.05) is 12.1 Å². The Morgan fingerprint density at radius 3 is 2.79 bits per heavy atom. The first-order valence-electron chi connectivity index (χ1n) is 8.32. The van der Waals surface area contributed by atoms with Gasteiger partial charge in [-0.3, -0.25) is 4.79 Å². The van der Waals surface area contributed by atoms with Crippen LogP contribution in [0.15, 0.2) is 24.3 Å². The van der Waals surface area contributed by atoms with E-state index in [1.54, 1.807) is 24.0 Å². The lowest BCUT2D eigenvalue weighted by Gasteiger charge is -2.20. The summed E-state index contributed by atoms with van der Waals surface area (Å²) < 4.78 is 5.69. The zero-order valence-electron chi connectivity index (χ0n) is 14.5. The summed E-state index contributed by atoms with van der Waals surface area (Å²) in [4.78, 5) is 25.1. The first kappa shape index (κ1) is 18.1. The lowest BCUT2D eigenvalue weighted by Crippen LogP contribution is -2.37. The average molecular weight is 334 g/mol. The van der Waals surface area contributed by atoms with Crippen LogP contribution in [0, 0.1) is 11.3 Å². The van der Waals surface area contributed by atoms with Crippen LogP contribution >= 0.6 is 0 Å². The van der Waals surface area contributed by atoms with E-state index in [4.69, 9.17) is 4.74 Å². The molecule has 24 heavy (non-hydrogen) atoms. The molecule has 1 fully saturated rings. The van der Waals surface area contributed by atoms with Gasteiger partial charge in [0.2, 0.25) is 0 Å². The fraction of sp³-hybridized carbons (Fsp3) is 0.556. The molecule has 2 N–H and O–H groups in total. The number of nitrogens with one attached hydrogen (secondary N) is 1. The fourth-order valence-corrected chi connectivity index (χ4v) is 2.59. The quantitative estimate of drug-likeness (QED) is 0.835. The van der Waals surface area contributed by atoms with Crippen molar-refractivity contribution in [3.63, 3.8) is 0 Å². The maximum absolute atomic E-state index is 12.3. The molecule has 1 unspecified atom stereocenters. The minimum absolute atomic E-state index is 0.221. The molecule has 0 saturated carbocycles. The summed E-state index contributed by atoms with van der Waals surface area (Å²) in [6.45, 7) is 7.25. The fourth-order valence-electron chi connectivity index (χ4n) is 2.59. The molecule has 2 rings (SSSR count). The Morgan fingerprint density at radius 2 is 2.17 bits per heavy atom. The van der Waals surface area contributed by atoms with Crippen molar-refractivity contribution in [3.05, 3.63) is 24.3 Å². The van der Waals surface area contributed by atoms with Gasteiger partial charge < -0.3 is 20.1 Å². The number of nitrogens with zero attached hydrogens (tertiary/aromatic N) is 1. The van der Waals surface area contributed by atoms with Crippen LogP contribution in [0.1, 0.15) is 33.6 Å². The van der Waals surface area contributed by atoms with E-state index in [0.717, 1.165) is 6.42 Å². The monoisotopic (exact) mass is 334 g/mol. The first-order valence-corrected chi connectivity index (χ1v) is 8.32. The van der Waals surface area contributed by atoms with Crippen LogP contribution in [-0.4, -0.2) is 41.7 Å². The third-order valence-corrected chi connectivity index (χ3v) is 4.33. The van der Waals surface area contributed by atoms with Crippen LogP contribution < -0.4 is 10.1 Å². The van der Waals surface area contributed by atoms with Crippen LogP contribution in [0.4, 0.5) is 10.5 Å². The minimum atomic E-state index is -0.863. The molecule has 6 nitrogen and oxygen atoms in total. The maximum atomic E-state index is 12.3. The summed E-state index contributed by atoms with van der Waals surface area (Å²) in [5.74, 6) is 0.426. The molecule has 0 bridgehead atoms. The van der Waals surface area contributed by atoms with Gasteiger partial charge in [0.25, 0.3) is 0 Å². The molecule has 1 heterocycles. The molecule has 0 aromatic heterocycles. The number of anilines is 1. The van der Waals surface area contributed by atoms with Gasteiger partial charge in [-0.15, -0.1) is 0 Å². The molecular formula is C18H26N2O4. The first-order chi connectivity index (χ1) is 11.3. The van der Waals surface area contributed by atoms with Gasteiger partial charge in [0, 0.05) is 24.8 Å². The Hall–Kier alpha value is -2.24. The Kier molecular flexibility index (Phi) is 5.70. The number of ether oxygens (including phenoxy) is 1. The zero-order valence-corrected chi connectivity index (χ0v) is 14.5. The highest BCUT2D eigenvalue weighted by molar-refractivity contribution is 5.90. The van der Waals surface area contributed by atoms with Crippen molar-refractivity contribution in [2.24, 2.45) is 11.3 Å². The van der Waals surface area contributed by atoms with E-state index in [2.05, 4.69) is 19.2 Å². The van der Waals surface area contributed by atoms with Crippen molar-refractivity contribution in [2.45, 2.75) is 33.6 Å². The van der Waals surface area contributed by atoms with E-state index in [9.17, 15) is 14.7 Å². The molecule has 0 spiro atoms. The van der Waals surface area contributed by atoms with E-state index in [0.29, 0.717) is 36.9 Å². The second-order valence-corrected chi connectivity index (χ2v) is 7.03. The smallest absolute Gasteiger partial charge is 0.321 e. The summed E-state index contributed by atoms with van der Waals surface area (Å²) >= 11 is 0. The van der Waals surface area contributed by atoms with Gasteiger partial charge in [-0.2, -0.15) is 0 Å². The molecule has 1 aliphatic rings. The number of amides is 2. The van der Waals surface area contributed by atoms with Crippen molar-refractivity contribution in [1.82, 2.24) is 4.90 Å². The predicted molar refractivity (Wildman–Crippen MR) is 92.3 cm³/mol. The number of hydrogen-bond donors (Lipinski definition) is 2. The van der Waals surface area contributed by atoms with Gasteiger partial charge in [0.1, 0.15) is 5.75 Å². The SMILES string of the molecule is CC(C)CCOc1cccc(NC(=O)N2CCC(C)(C(=O)O)C2)c1. The Balaban J connectivity index is 1.91. The van der Waals surface area contributed by atoms with Crippen molar-refractivity contribution in [3.8, 4) is 5.75 Å². The number of carboxylic acids is 1. The van der Waals surface area contributed by atoms with Crippen LogP contribution in [0.3, 0.4) is 0 Å². The number of carbonyl (C=O) groups is 2. The number of rotatable bonds is 6. The number of urea groups is 1. The van der Waals surface area contributed by atoms with Gasteiger partial charge >= 0.3 is 12.0 Å². The van der Waals surface area contributed by atoms with Gasteiger partial charge in [-0.25, -0.2) is 4.79 Å². The molecule has 132 valence electrons. The molecule has 2 amide bonds. The molecule has 6 heteroatoms. The predicted octanol–water partition coefficient (Wildman–Crippen LogP) is 3.44. The lowest BCUT2D eigenvalue weighted by atomic mass is 9.90. The second-order valence-electron chi connectivity index (χ2n) is 7.03. The third kappa shape index (κ3) is 4.63. The molecule has 1 atom stereocenters. The summed E-state index contributed by atoms with van der Waals surface area (Å²) in [6.07, 6.45) is 1.44. The van der Waals surface area contributed by atoms with Crippen LogP contribution in [-0.2, 0) is 4.79 Å². The van der Waals surface area contributed by atoms with E-state index in [1.165, 1.54) is 0 Å². The normalized spacial score (nSPS) is 20.2. The number of carbonyl (C=O) groups excluding carboxylic acids is 1. The number of aliphatic carboxylic acids is 1. The summed E-state index contributed by atoms with van der Waals surface area (Å²) in [6, 6.07) is 6.97. The Labute approximate surface area is 142 Å². The summed E-state index contributed by atoms with van der Waals surface area (Å²) in [5.41, 5.74) is -0.218. The Morgan fingerprint density at radius 1 is 1.42 bits per heavy atom. The van der Waals surface area contributed by atoms with Crippen LogP contribution in [0.25, 0.3) is 0 Å². The van der Waals surface area contributed by atoms with E-state index in [-0.39, 0.29) is 12.6 Å². The Bertz CT molecular complexity index is 602.